The third kappa shape index (κ3) is 4.31. The first-order chi connectivity index (χ1) is 9.97. The summed E-state index contributed by atoms with van der Waals surface area (Å²) >= 11 is 0. The van der Waals surface area contributed by atoms with E-state index < -0.39 is 0 Å². The van der Waals surface area contributed by atoms with Crippen LogP contribution in [0.15, 0.2) is 18.2 Å². The Labute approximate surface area is 128 Å². The van der Waals surface area contributed by atoms with Crippen LogP contribution in [0.5, 0.6) is 0 Å². The van der Waals surface area contributed by atoms with Crippen LogP contribution in [0, 0.1) is 0 Å². The van der Waals surface area contributed by atoms with Gasteiger partial charge in [0, 0.05) is 12.1 Å². The third-order valence-corrected chi connectivity index (χ3v) is 4.20. The highest BCUT2D eigenvalue weighted by atomic mass is 16.2. The van der Waals surface area contributed by atoms with Gasteiger partial charge in [0.15, 0.2) is 0 Å². The van der Waals surface area contributed by atoms with Crippen LogP contribution in [0.25, 0.3) is 0 Å². The maximum absolute atomic E-state index is 12.0. The largest absolute Gasteiger partial charge is 0.353 e. The van der Waals surface area contributed by atoms with Crippen molar-refractivity contribution in [1.29, 1.82) is 0 Å². The molecule has 0 bridgehead atoms. The van der Waals surface area contributed by atoms with Gasteiger partial charge in [0.1, 0.15) is 0 Å². The van der Waals surface area contributed by atoms with Crippen molar-refractivity contribution in [1.82, 2.24) is 10.6 Å². The molecule has 1 aromatic carbocycles. The van der Waals surface area contributed by atoms with Crippen LogP contribution in [-0.2, 0) is 17.6 Å². The van der Waals surface area contributed by atoms with Crippen LogP contribution in [0.4, 0.5) is 0 Å². The van der Waals surface area contributed by atoms with Crippen molar-refractivity contribution in [3.63, 3.8) is 0 Å². The number of rotatable bonds is 5. The first-order valence-corrected chi connectivity index (χ1v) is 8.15. The van der Waals surface area contributed by atoms with Crippen molar-refractivity contribution in [2.75, 3.05) is 0 Å². The summed E-state index contributed by atoms with van der Waals surface area (Å²) in [7, 11) is 0. The molecule has 0 saturated heterocycles. The normalized spacial score (nSPS) is 17.2. The van der Waals surface area contributed by atoms with Gasteiger partial charge in [0.05, 0.1) is 6.04 Å². The molecule has 116 valence electrons. The molecule has 1 aliphatic carbocycles. The van der Waals surface area contributed by atoms with E-state index in [1.54, 1.807) is 0 Å². The van der Waals surface area contributed by atoms with Crippen molar-refractivity contribution in [2.45, 2.75) is 71.5 Å². The average molecular weight is 288 g/mol. The molecule has 2 atom stereocenters. The second-order valence-corrected chi connectivity index (χ2v) is 6.51. The van der Waals surface area contributed by atoms with Crippen molar-refractivity contribution in [3.05, 3.63) is 34.9 Å². The van der Waals surface area contributed by atoms with Crippen LogP contribution in [0.3, 0.4) is 0 Å². The topological polar surface area (TPSA) is 41.1 Å². The molecule has 1 aromatic rings. The van der Waals surface area contributed by atoms with Gasteiger partial charge < -0.3 is 5.32 Å². The summed E-state index contributed by atoms with van der Waals surface area (Å²) in [5, 5.41) is 6.34. The fraction of sp³-hybridized carbons (Fsp3) is 0.611. The molecule has 0 aliphatic heterocycles. The Kier molecular flexibility index (Phi) is 5.40. The molecule has 0 saturated carbocycles. The Bertz CT molecular complexity index is 496. The summed E-state index contributed by atoms with van der Waals surface area (Å²) < 4.78 is 0. The number of hydrogen-bond donors (Lipinski definition) is 2. The molecular weight excluding hydrogens is 260 g/mol. The highest BCUT2D eigenvalue weighted by Gasteiger charge is 2.18. The second kappa shape index (κ2) is 7.08. The van der Waals surface area contributed by atoms with E-state index in [0.717, 1.165) is 0 Å². The summed E-state index contributed by atoms with van der Waals surface area (Å²) in [6.07, 6.45) is 5.02. The molecule has 3 heteroatoms. The first-order valence-electron chi connectivity index (χ1n) is 8.15. The van der Waals surface area contributed by atoms with E-state index in [4.69, 9.17) is 0 Å². The summed E-state index contributed by atoms with van der Waals surface area (Å²) in [6, 6.07) is 6.97. The number of amides is 1. The van der Waals surface area contributed by atoms with Crippen LogP contribution >= 0.6 is 0 Å². The van der Waals surface area contributed by atoms with Gasteiger partial charge in [0.25, 0.3) is 0 Å². The summed E-state index contributed by atoms with van der Waals surface area (Å²) in [4.78, 5) is 12.0. The van der Waals surface area contributed by atoms with Crippen molar-refractivity contribution in [2.24, 2.45) is 0 Å². The Morgan fingerprint density at radius 3 is 2.38 bits per heavy atom. The summed E-state index contributed by atoms with van der Waals surface area (Å²) in [6.45, 7) is 8.02. The molecule has 21 heavy (non-hydrogen) atoms. The quantitative estimate of drug-likeness (QED) is 0.874. The molecule has 3 nitrogen and oxygen atoms in total. The fourth-order valence-corrected chi connectivity index (χ4v) is 2.98. The summed E-state index contributed by atoms with van der Waals surface area (Å²) in [5.74, 6) is 0.0646. The van der Waals surface area contributed by atoms with Crippen LogP contribution < -0.4 is 10.6 Å². The van der Waals surface area contributed by atoms with Gasteiger partial charge in [0.2, 0.25) is 5.91 Å². The van der Waals surface area contributed by atoms with Gasteiger partial charge in [-0.05, 0) is 70.1 Å². The van der Waals surface area contributed by atoms with Crippen LogP contribution in [0.2, 0.25) is 0 Å². The average Bonchev–Trinajstić information content (AvgIpc) is 2.45. The zero-order valence-electron chi connectivity index (χ0n) is 13.7. The van der Waals surface area contributed by atoms with Gasteiger partial charge in [-0.3, -0.25) is 10.1 Å². The van der Waals surface area contributed by atoms with Crippen molar-refractivity contribution >= 4 is 5.91 Å². The summed E-state index contributed by atoms with van der Waals surface area (Å²) in [5.41, 5.74) is 4.27. The number of nitrogens with one attached hydrogen (secondary N) is 2. The number of carbonyl (C=O) groups excluding carboxylic acids is 1. The number of aryl methyl sites for hydroxylation is 2. The predicted molar refractivity (Wildman–Crippen MR) is 87.4 cm³/mol. The fourth-order valence-electron chi connectivity index (χ4n) is 2.98. The minimum Gasteiger partial charge on any atom is -0.353 e. The highest BCUT2D eigenvalue weighted by molar-refractivity contribution is 5.81. The minimum absolute atomic E-state index is 0.0646. The molecule has 2 N–H and O–H groups in total. The van der Waals surface area contributed by atoms with E-state index >= 15 is 0 Å². The number of benzene rings is 1. The van der Waals surface area contributed by atoms with Crippen molar-refractivity contribution in [3.8, 4) is 0 Å². The van der Waals surface area contributed by atoms with Gasteiger partial charge in [-0.25, -0.2) is 0 Å². The maximum Gasteiger partial charge on any atom is 0.237 e. The molecule has 2 unspecified atom stereocenters. The second-order valence-electron chi connectivity index (χ2n) is 6.51. The Hall–Kier alpha value is -1.35. The lowest BCUT2D eigenvalue weighted by atomic mass is 9.89. The van der Waals surface area contributed by atoms with Crippen LogP contribution in [-0.4, -0.2) is 18.0 Å². The van der Waals surface area contributed by atoms with Gasteiger partial charge >= 0.3 is 0 Å². The lowest BCUT2D eigenvalue weighted by Gasteiger charge is -2.23. The molecule has 0 heterocycles. The molecule has 2 rings (SSSR count). The zero-order valence-corrected chi connectivity index (χ0v) is 13.7. The predicted octanol–water partition coefficient (Wildman–Crippen LogP) is 3.13. The lowest BCUT2D eigenvalue weighted by molar-refractivity contribution is -0.123. The van der Waals surface area contributed by atoms with E-state index in [-0.39, 0.29) is 24.0 Å². The van der Waals surface area contributed by atoms with E-state index in [0.29, 0.717) is 0 Å². The monoisotopic (exact) mass is 288 g/mol. The number of carbonyl (C=O) groups is 1. The van der Waals surface area contributed by atoms with E-state index in [9.17, 15) is 4.79 Å². The van der Waals surface area contributed by atoms with E-state index in [1.165, 1.54) is 42.4 Å². The Morgan fingerprint density at radius 2 is 1.71 bits per heavy atom. The maximum atomic E-state index is 12.0. The lowest BCUT2D eigenvalue weighted by Crippen LogP contribution is -2.45. The molecule has 0 spiro atoms. The number of fused-ring (bicyclic) bond motifs is 1. The zero-order chi connectivity index (χ0) is 15.4. The SMILES string of the molecule is CC(C)NC(=O)C(C)NC(C)c1ccc2c(c1)CCCC2. The minimum atomic E-state index is -0.182. The van der Waals surface area contributed by atoms with E-state index in [2.05, 4.69) is 35.8 Å². The van der Waals surface area contributed by atoms with Crippen molar-refractivity contribution < 1.29 is 4.79 Å². The molecule has 1 amide bonds. The standard InChI is InChI=1S/C18H28N2O/c1-12(2)19-18(21)14(4)20-13(3)16-10-9-15-7-5-6-8-17(15)11-16/h9-14,20H,5-8H2,1-4H3,(H,19,21). The first kappa shape index (κ1) is 16.0. The van der Waals surface area contributed by atoms with E-state index in [1.807, 2.05) is 20.8 Å². The Morgan fingerprint density at radius 1 is 1.05 bits per heavy atom. The molecule has 0 fully saturated rings. The van der Waals surface area contributed by atoms with Gasteiger partial charge in [-0.15, -0.1) is 0 Å². The Balaban J connectivity index is 1.99. The third-order valence-electron chi connectivity index (χ3n) is 4.20. The number of hydrogen-bond acceptors (Lipinski definition) is 2. The van der Waals surface area contributed by atoms with Gasteiger partial charge in [-0.1, -0.05) is 18.2 Å². The molecule has 1 aliphatic rings. The molecule has 0 radical (unpaired) electrons. The smallest absolute Gasteiger partial charge is 0.237 e. The molecular formula is C18H28N2O. The van der Waals surface area contributed by atoms with Crippen LogP contribution in [0.1, 0.15) is 63.3 Å². The molecule has 0 aromatic heterocycles. The van der Waals surface area contributed by atoms with Gasteiger partial charge in [-0.2, -0.15) is 0 Å². The highest BCUT2D eigenvalue weighted by Crippen LogP contribution is 2.24.